The van der Waals surface area contributed by atoms with E-state index in [9.17, 15) is 4.79 Å². The Balaban J connectivity index is 1.69. The molecule has 0 spiro atoms. The molecule has 1 unspecified atom stereocenters. The molecule has 1 aliphatic rings. The van der Waals surface area contributed by atoms with Crippen LogP contribution in [0.2, 0.25) is 0 Å². The van der Waals surface area contributed by atoms with E-state index in [1.807, 2.05) is 18.2 Å². The van der Waals surface area contributed by atoms with Gasteiger partial charge in [-0.25, -0.2) is 15.0 Å². The van der Waals surface area contributed by atoms with Crippen LogP contribution in [0.1, 0.15) is 35.1 Å². The van der Waals surface area contributed by atoms with Gasteiger partial charge in [0.25, 0.3) is 5.91 Å². The molecule has 0 aliphatic carbocycles. The van der Waals surface area contributed by atoms with Crippen molar-refractivity contribution < 1.29 is 4.79 Å². The van der Waals surface area contributed by atoms with Gasteiger partial charge in [-0.05, 0) is 31.0 Å². The average Bonchev–Trinajstić information content (AvgIpc) is 3.04. The normalized spacial score (nSPS) is 20.0. The van der Waals surface area contributed by atoms with Crippen LogP contribution in [0.15, 0.2) is 30.7 Å². The number of nitrogens with zero attached hydrogens (tertiary/aromatic N) is 4. The van der Waals surface area contributed by atoms with Crippen LogP contribution in [0, 0.1) is 0 Å². The summed E-state index contributed by atoms with van der Waals surface area (Å²) < 4.78 is 0. The molecule has 0 aromatic carbocycles. The molecule has 0 radical (unpaired) electrons. The number of piperidine rings is 1. The van der Waals surface area contributed by atoms with Crippen LogP contribution >= 0.6 is 11.3 Å². The van der Waals surface area contributed by atoms with Gasteiger partial charge < -0.3 is 16.0 Å². The zero-order valence-electron chi connectivity index (χ0n) is 15.4. The second kappa shape index (κ2) is 6.77. The SMILES string of the molecule is CNC(=O)c1sc2nc(C3(C)CCCN(c4ccncn4)C3)ccc2c1N. The number of nitrogen functional groups attached to an aromatic ring is 1. The molecular formula is C19H22N6OS. The molecule has 0 bridgehead atoms. The van der Waals surface area contributed by atoms with E-state index >= 15 is 0 Å². The van der Waals surface area contributed by atoms with E-state index < -0.39 is 0 Å². The highest BCUT2D eigenvalue weighted by Gasteiger charge is 2.35. The minimum Gasteiger partial charge on any atom is -0.397 e. The molecule has 7 nitrogen and oxygen atoms in total. The Morgan fingerprint density at radius 1 is 1.37 bits per heavy atom. The van der Waals surface area contributed by atoms with Gasteiger partial charge in [-0.3, -0.25) is 4.79 Å². The predicted octanol–water partition coefficient (Wildman–Crippen LogP) is 2.59. The monoisotopic (exact) mass is 382 g/mol. The van der Waals surface area contributed by atoms with Crippen LogP contribution in [-0.4, -0.2) is 41.0 Å². The van der Waals surface area contributed by atoms with E-state index in [4.69, 9.17) is 10.7 Å². The van der Waals surface area contributed by atoms with Crippen LogP contribution in [0.3, 0.4) is 0 Å². The number of nitrogens with one attached hydrogen (secondary N) is 1. The van der Waals surface area contributed by atoms with Crippen LogP contribution in [-0.2, 0) is 5.41 Å². The first-order chi connectivity index (χ1) is 13.0. The number of carbonyl (C=O) groups excluding carboxylic acids is 1. The fraction of sp³-hybridized carbons (Fsp3) is 0.368. The molecule has 1 atom stereocenters. The zero-order valence-corrected chi connectivity index (χ0v) is 16.2. The van der Waals surface area contributed by atoms with E-state index in [0.717, 1.165) is 47.7 Å². The van der Waals surface area contributed by atoms with E-state index in [2.05, 4.69) is 27.1 Å². The quantitative estimate of drug-likeness (QED) is 0.723. The lowest BCUT2D eigenvalue weighted by Gasteiger charge is -2.40. The van der Waals surface area contributed by atoms with Gasteiger partial charge in [-0.15, -0.1) is 11.3 Å². The summed E-state index contributed by atoms with van der Waals surface area (Å²) in [5, 5.41) is 3.48. The van der Waals surface area contributed by atoms with Gasteiger partial charge in [0.15, 0.2) is 0 Å². The number of amides is 1. The Morgan fingerprint density at radius 2 is 2.22 bits per heavy atom. The van der Waals surface area contributed by atoms with Crippen LogP contribution in [0.4, 0.5) is 11.5 Å². The minimum absolute atomic E-state index is 0.0939. The average molecular weight is 382 g/mol. The second-order valence-electron chi connectivity index (χ2n) is 7.13. The smallest absolute Gasteiger partial charge is 0.263 e. The third-order valence-corrected chi connectivity index (χ3v) is 6.35. The number of hydrogen-bond acceptors (Lipinski definition) is 7. The molecule has 1 amide bonds. The Kier molecular flexibility index (Phi) is 4.43. The van der Waals surface area contributed by atoms with Crippen LogP contribution < -0.4 is 16.0 Å². The van der Waals surface area contributed by atoms with Gasteiger partial charge in [0.05, 0.1) is 5.69 Å². The maximum Gasteiger partial charge on any atom is 0.263 e. The number of rotatable bonds is 3. The van der Waals surface area contributed by atoms with Crippen molar-refractivity contribution in [1.82, 2.24) is 20.3 Å². The molecule has 1 aliphatic heterocycles. The number of fused-ring (bicyclic) bond motifs is 1. The molecule has 1 fully saturated rings. The summed E-state index contributed by atoms with van der Waals surface area (Å²) in [6.45, 7) is 4.05. The van der Waals surface area contributed by atoms with E-state index in [1.165, 1.54) is 11.3 Å². The van der Waals surface area contributed by atoms with Gasteiger partial charge in [0, 0.05) is 42.8 Å². The maximum absolute atomic E-state index is 12.0. The summed E-state index contributed by atoms with van der Waals surface area (Å²) in [4.78, 5) is 28.9. The lowest BCUT2D eigenvalue weighted by Crippen LogP contribution is -2.45. The first kappa shape index (κ1) is 17.7. The Labute approximate surface area is 161 Å². The number of nitrogens with two attached hydrogens (primary N) is 1. The van der Waals surface area contributed by atoms with E-state index in [-0.39, 0.29) is 11.3 Å². The fourth-order valence-electron chi connectivity index (χ4n) is 3.73. The number of pyridine rings is 1. The molecule has 0 saturated carbocycles. The van der Waals surface area contributed by atoms with Gasteiger partial charge in [-0.2, -0.15) is 0 Å². The van der Waals surface area contributed by atoms with Crippen molar-refractivity contribution in [2.24, 2.45) is 0 Å². The fourth-order valence-corrected chi connectivity index (χ4v) is 4.77. The molecule has 3 aromatic rings. The highest BCUT2D eigenvalue weighted by atomic mass is 32.1. The van der Waals surface area contributed by atoms with Gasteiger partial charge in [0.2, 0.25) is 0 Å². The van der Waals surface area contributed by atoms with Crippen molar-refractivity contribution in [2.45, 2.75) is 25.2 Å². The number of hydrogen-bond donors (Lipinski definition) is 2. The standard InChI is InChI=1S/C19H22N6OS/c1-19(7-3-9-25(10-19)14-6-8-22-11-23-14)13-5-4-12-15(20)16(17(26)21-2)27-18(12)24-13/h4-6,8,11H,3,7,9-10,20H2,1-2H3,(H,21,26). The highest BCUT2D eigenvalue weighted by molar-refractivity contribution is 7.21. The maximum atomic E-state index is 12.0. The van der Waals surface area contributed by atoms with Crippen molar-refractivity contribution >= 4 is 39.0 Å². The molecule has 3 aromatic heterocycles. The number of aromatic nitrogens is 3. The second-order valence-corrected chi connectivity index (χ2v) is 8.13. The molecule has 4 rings (SSSR count). The Hall–Kier alpha value is -2.74. The predicted molar refractivity (Wildman–Crippen MR) is 108 cm³/mol. The van der Waals surface area contributed by atoms with Crippen molar-refractivity contribution in [2.75, 3.05) is 30.8 Å². The molecule has 140 valence electrons. The first-order valence-electron chi connectivity index (χ1n) is 8.94. The lowest BCUT2D eigenvalue weighted by atomic mass is 9.78. The third kappa shape index (κ3) is 3.10. The number of carbonyl (C=O) groups is 1. The largest absolute Gasteiger partial charge is 0.397 e. The van der Waals surface area contributed by atoms with Crippen LogP contribution in [0.25, 0.3) is 10.2 Å². The zero-order chi connectivity index (χ0) is 19.0. The number of thiophene rings is 1. The van der Waals surface area contributed by atoms with Gasteiger partial charge in [-0.1, -0.05) is 6.92 Å². The van der Waals surface area contributed by atoms with Crippen molar-refractivity contribution in [1.29, 1.82) is 0 Å². The Morgan fingerprint density at radius 3 is 2.96 bits per heavy atom. The first-order valence-corrected chi connectivity index (χ1v) is 9.76. The van der Waals surface area contributed by atoms with Crippen molar-refractivity contribution in [3.05, 3.63) is 41.3 Å². The van der Waals surface area contributed by atoms with E-state index in [1.54, 1.807) is 19.6 Å². The van der Waals surface area contributed by atoms with Crippen molar-refractivity contribution in [3.63, 3.8) is 0 Å². The molecule has 3 N–H and O–H groups in total. The summed E-state index contributed by atoms with van der Waals surface area (Å²) in [6.07, 6.45) is 5.47. The third-order valence-electron chi connectivity index (χ3n) is 5.23. The van der Waals surface area contributed by atoms with Crippen LogP contribution in [0.5, 0.6) is 0 Å². The molecular weight excluding hydrogens is 360 g/mol. The van der Waals surface area contributed by atoms with E-state index in [0.29, 0.717) is 10.6 Å². The molecule has 4 heterocycles. The molecule has 1 saturated heterocycles. The Bertz CT molecular complexity index is 989. The summed E-state index contributed by atoms with van der Waals surface area (Å²) >= 11 is 1.35. The lowest BCUT2D eigenvalue weighted by molar-refractivity contribution is 0.0968. The molecule has 8 heteroatoms. The number of anilines is 2. The van der Waals surface area contributed by atoms with Gasteiger partial charge in [0.1, 0.15) is 21.9 Å². The van der Waals surface area contributed by atoms with Crippen molar-refractivity contribution in [3.8, 4) is 0 Å². The van der Waals surface area contributed by atoms with Gasteiger partial charge >= 0.3 is 0 Å². The summed E-state index contributed by atoms with van der Waals surface area (Å²) in [6, 6.07) is 5.98. The summed E-state index contributed by atoms with van der Waals surface area (Å²) in [7, 11) is 1.61. The minimum atomic E-state index is -0.170. The molecule has 27 heavy (non-hydrogen) atoms. The highest BCUT2D eigenvalue weighted by Crippen LogP contribution is 2.38. The summed E-state index contributed by atoms with van der Waals surface area (Å²) in [5.41, 5.74) is 7.60. The summed E-state index contributed by atoms with van der Waals surface area (Å²) in [5.74, 6) is 0.773. The topological polar surface area (TPSA) is 97.0 Å².